The van der Waals surface area contributed by atoms with Crippen molar-refractivity contribution in [2.45, 2.75) is 65.1 Å². The van der Waals surface area contributed by atoms with Crippen molar-refractivity contribution in [1.82, 2.24) is 9.80 Å². The molecule has 184 valence electrons. The van der Waals surface area contributed by atoms with Crippen LogP contribution in [-0.4, -0.2) is 34.3 Å². The lowest BCUT2D eigenvalue weighted by Crippen LogP contribution is -2.49. The monoisotopic (exact) mass is 489 g/mol. The van der Waals surface area contributed by atoms with Crippen molar-refractivity contribution >= 4 is 29.0 Å². The van der Waals surface area contributed by atoms with E-state index >= 15 is 0 Å². The van der Waals surface area contributed by atoms with Crippen LogP contribution in [0.3, 0.4) is 0 Å². The highest BCUT2D eigenvalue weighted by Gasteiger charge is 2.29. The number of amides is 3. The molecule has 0 unspecified atom stereocenters. The number of nitrogens with zero attached hydrogens (tertiary/aromatic N) is 2. The molecule has 1 aromatic heterocycles. The van der Waals surface area contributed by atoms with Gasteiger partial charge in [-0.15, -0.1) is 11.3 Å². The summed E-state index contributed by atoms with van der Waals surface area (Å²) in [5, 5.41) is 5.17. The Bertz CT molecular complexity index is 1090. The van der Waals surface area contributed by atoms with Gasteiger partial charge < -0.3 is 15.1 Å². The molecule has 0 atom stereocenters. The van der Waals surface area contributed by atoms with E-state index in [0.717, 1.165) is 52.9 Å². The Hall–Kier alpha value is -3.12. The van der Waals surface area contributed by atoms with Crippen LogP contribution < -0.4 is 5.32 Å². The minimum atomic E-state index is -0.182. The number of carbonyl (C=O) groups is 2. The fraction of sp³-hybridized carbons (Fsp3) is 0.379. The highest BCUT2D eigenvalue weighted by atomic mass is 32.1. The second kappa shape index (κ2) is 12.0. The van der Waals surface area contributed by atoms with Crippen LogP contribution in [-0.2, 0) is 17.9 Å². The molecule has 4 rings (SSSR count). The van der Waals surface area contributed by atoms with E-state index in [1.54, 1.807) is 16.2 Å². The Morgan fingerprint density at radius 3 is 2.26 bits per heavy atom. The van der Waals surface area contributed by atoms with E-state index in [4.69, 9.17) is 0 Å². The number of thiophene rings is 1. The Balaban J connectivity index is 1.55. The zero-order chi connectivity index (χ0) is 24.6. The minimum Gasteiger partial charge on any atom is -0.332 e. The molecule has 0 saturated heterocycles. The van der Waals surface area contributed by atoms with E-state index in [-0.39, 0.29) is 24.5 Å². The topological polar surface area (TPSA) is 52.7 Å². The van der Waals surface area contributed by atoms with Gasteiger partial charge in [0.05, 0.1) is 6.54 Å². The number of carbonyl (C=O) groups excluding carboxylic acids is 2. The van der Waals surface area contributed by atoms with Gasteiger partial charge in [-0.05, 0) is 54.8 Å². The summed E-state index contributed by atoms with van der Waals surface area (Å²) in [6.07, 6.45) is 5.26. The molecule has 0 bridgehead atoms. The normalized spacial score (nSPS) is 13.9. The Morgan fingerprint density at radius 1 is 0.886 bits per heavy atom. The molecule has 1 N–H and O–H groups in total. The predicted molar refractivity (Wildman–Crippen MR) is 144 cm³/mol. The fourth-order valence-corrected chi connectivity index (χ4v) is 5.54. The molecule has 3 amide bonds. The molecule has 2 aromatic carbocycles. The molecule has 35 heavy (non-hydrogen) atoms. The molecule has 5 nitrogen and oxygen atoms in total. The van der Waals surface area contributed by atoms with E-state index in [9.17, 15) is 9.59 Å². The summed E-state index contributed by atoms with van der Waals surface area (Å²) >= 11 is 1.65. The molecule has 1 heterocycles. The molecule has 1 fully saturated rings. The predicted octanol–water partition coefficient (Wildman–Crippen LogP) is 6.76. The zero-order valence-corrected chi connectivity index (χ0v) is 21.5. The van der Waals surface area contributed by atoms with Crippen LogP contribution >= 0.6 is 11.3 Å². The van der Waals surface area contributed by atoms with Gasteiger partial charge in [-0.2, -0.15) is 0 Å². The fourth-order valence-electron chi connectivity index (χ4n) is 4.82. The van der Waals surface area contributed by atoms with Crippen LogP contribution in [0.15, 0.2) is 66.0 Å². The average molecular weight is 490 g/mol. The first-order chi connectivity index (χ1) is 17.0. The largest absolute Gasteiger partial charge is 0.332 e. The molecular formula is C29H35N3O2S. The van der Waals surface area contributed by atoms with Gasteiger partial charge in [0.15, 0.2) is 0 Å². The molecular weight excluding hydrogens is 454 g/mol. The summed E-state index contributed by atoms with van der Waals surface area (Å²) in [7, 11) is 0. The van der Waals surface area contributed by atoms with Gasteiger partial charge in [-0.25, -0.2) is 4.79 Å². The summed E-state index contributed by atoms with van der Waals surface area (Å²) in [4.78, 5) is 32.1. The minimum absolute atomic E-state index is 0.0236. The SMILES string of the molecule is Cc1cccc(C)c1NC(=O)N(CC(=O)N(Cc1ccccc1)Cc1cccs1)C1CCCCC1. The first-order valence-electron chi connectivity index (χ1n) is 12.5. The number of urea groups is 1. The summed E-state index contributed by atoms with van der Waals surface area (Å²) in [5.74, 6) is -0.0236. The van der Waals surface area contributed by atoms with Crippen molar-refractivity contribution in [2.75, 3.05) is 11.9 Å². The van der Waals surface area contributed by atoms with Crippen molar-refractivity contribution in [3.63, 3.8) is 0 Å². The van der Waals surface area contributed by atoms with Crippen molar-refractivity contribution in [2.24, 2.45) is 0 Å². The maximum absolute atomic E-state index is 13.7. The number of para-hydroxylation sites is 1. The van der Waals surface area contributed by atoms with Gasteiger partial charge in [0.2, 0.25) is 5.91 Å². The van der Waals surface area contributed by atoms with E-state index in [2.05, 4.69) is 11.4 Å². The first-order valence-corrected chi connectivity index (χ1v) is 13.4. The van der Waals surface area contributed by atoms with Gasteiger partial charge in [0.25, 0.3) is 0 Å². The maximum atomic E-state index is 13.7. The van der Waals surface area contributed by atoms with Crippen molar-refractivity contribution in [1.29, 1.82) is 0 Å². The van der Waals surface area contributed by atoms with E-state index in [1.165, 1.54) is 6.42 Å². The number of anilines is 1. The van der Waals surface area contributed by atoms with Crippen molar-refractivity contribution in [3.05, 3.63) is 87.6 Å². The number of benzene rings is 2. The lowest BCUT2D eigenvalue weighted by atomic mass is 9.94. The summed E-state index contributed by atoms with van der Waals surface area (Å²) in [6, 6.07) is 20.0. The second-order valence-corrected chi connectivity index (χ2v) is 10.5. The number of aryl methyl sites for hydroxylation is 2. The lowest BCUT2D eigenvalue weighted by molar-refractivity contribution is -0.133. The molecule has 3 aromatic rings. The van der Waals surface area contributed by atoms with Crippen LogP contribution in [0.5, 0.6) is 0 Å². The molecule has 1 aliphatic rings. The van der Waals surface area contributed by atoms with E-state index in [1.807, 2.05) is 78.7 Å². The lowest BCUT2D eigenvalue weighted by Gasteiger charge is -2.35. The van der Waals surface area contributed by atoms with E-state index < -0.39 is 0 Å². The maximum Gasteiger partial charge on any atom is 0.322 e. The highest BCUT2D eigenvalue weighted by molar-refractivity contribution is 7.09. The second-order valence-electron chi connectivity index (χ2n) is 9.43. The van der Waals surface area contributed by atoms with Crippen LogP contribution in [0.4, 0.5) is 10.5 Å². The number of nitrogens with one attached hydrogen (secondary N) is 1. The van der Waals surface area contributed by atoms with Crippen molar-refractivity contribution < 1.29 is 9.59 Å². The Morgan fingerprint density at radius 2 is 1.60 bits per heavy atom. The van der Waals surface area contributed by atoms with Gasteiger partial charge in [-0.1, -0.05) is 73.9 Å². The summed E-state index contributed by atoms with van der Waals surface area (Å²) in [6.45, 7) is 5.15. The summed E-state index contributed by atoms with van der Waals surface area (Å²) in [5.41, 5.74) is 3.97. The van der Waals surface area contributed by atoms with Gasteiger partial charge in [0.1, 0.15) is 6.54 Å². The quantitative estimate of drug-likeness (QED) is 0.380. The van der Waals surface area contributed by atoms with Gasteiger partial charge >= 0.3 is 6.03 Å². The highest BCUT2D eigenvalue weighted by Crippen LogP contribution is 2.26. The third-order valence-corrected chi connectivity index (χ3v) is 7.65. The van der Waals surface area contributed by atoms with Gasteiger partial charge in [-0.3, -0.25) is 4.79 Å². The van der Waals surface area contributed by atoms with Crippen LogP contribution in [0.1, 0.15) is 53.7 Å². The smallest absolute Gasteiger partial charge is 0.322 e. The molecule has 0 aliphatic heterocycles. The molecule has 1 saturated carbocycles. The van der Waals surface area contributed by atoms with Gasteiger partial charge in [0, 0.05) is 23.2 Å². The van der Waals surface area contributed by atoms with Crippen molar-refractivity contribution in [3.8, 4) is 0 Å². The Kier molecular flexibility index (Phi) is 8.59. The third kappa shape index (κ3) is 6.73. The van der Waals surface area contributed by atoms with Crippen LogP contribution in [0.25, 0.3) is 0 Å². The Labute approximate surface area is 212 Å². The zero-order valence-electron chi connectivity index (χ0n) is 20.7. The first kappa shape index (κ1) is 25.0. The van der Waals surface area contributed by atoms with E-state index in [0.29, 0.717) is 13.1 Å². The standard InChI is InChI=1S/C29H35N3O2S/c1-22-11-9-12-23(2)28(22)30-29(34)32(25-15-7-4-8-16-25)21-27(33)31(20-26-17-10-18-35-26)19-24-13-5-3-6-14-24/h3,5-6,9-14,17-18,25H,4,7-8,15-16,19-21H2,1-2H3,(H,30,34). The molecule has 1 aliphatic carbocycles. The summed E-state index contributed by atoms with van der Waals surface area (Å²) < 4.78 is 0. The van der Waals surface area contributed by atoms with Crippen LogP contribution in [0, 0.1) is 13.8 Å². The number of hydrogen-bond donors (Lipinski definition) is 1. The molecule has 6 heteroatoms. The van der Waals surface area contributed by atoms with Crippen LogP contribution in [0.2, 0.25) is 0 Å². The molecule has 0 radical (unpaired) electrons. The molecule has 0 spiro atoms. The number of hydrogen-bond acceptors (Lipinski definition) is 3. The third-order valence-electron chi connectivity index (χ3n) is 6.79. The average Bonchev–Trinajstić information content (AvgIpc) is 3.38. The number of rotatable bonds is 8.